The predicted molar refractivity (Wildman–Crippen MR) is 129 cm³/mol. The molecule has 180 valence electrons. The lowest BCUT2D eigenvalue weighted by Crippen LogP contribution is -2.25. The molecule has 4 rings (SSSR count). The van der Waals surface area contributed by atoms with E-state index in [1.807, 2.05) is 4.57 Å². The van der Waals surface area contributed by atoms with Crippen LogP contribution in [0.15, 0.2) is 47.6 Å². The number of nitrogens with zero attached hydrogens (tertiary/aromatic N) is 3. The van der Waals surface area contributed by atoms with Gasteiger partial charge >= 0.3 is 0 Å². The monoisotopic (exact) mass is 484 g/mol. The third kappa shape index (κ3) is 5.52. The van der Waals surface area contributed by atoms with Crippen LogP contribution in [0.2, 0.25) is 0 Å². The van der Waals surface area contributed by atoms with E-state index in [2.05, 4.69) is 15.5 Å². The topological polar surface area (TPSA) is 78.3 Å². The molecule has 1 aliphatic rings. The van der Waals surface area contributed by atoms with E-state index in [-0.39, 0.29) is 18.3 Å². The number of halogens is 1. The van der Waals surface area contributed by atoms with Crippen molar-refractivity contribution in [1.82, 2.24) is 20.1 Å². The van der Waals surface area contributed by atoms with Crippen molar-refractivity contribution in [2.75, 3.05) is 20.0 Å². The second kappa shape index (κ2) is 11.4. The maximum atomic E-state index is 13.6. The van der Waals surface area contributed by atoms with Gasteiger partial charge in [0.05, 0.1) is 26.3 Å². The first-order valence-electron chi connectivity index (χ1n) is 11.4. The molecule has 7 nitrogen and oxygen atoms in total. The van der Waals surface area contributed by atoms with Gasteiger partial charge in [-0.2, -0.15) is 0 Å². The van der Waals surface area contributed by atoms with E-state index < -0.39 is 0 Å². The van der Waals surface area contributed by atoms with Gasteiger partial charge in [-0.1, -0.05) is 37.1 Å². The summed E-state index contributed by atoms with van der Waals surface area (Å²) in [6.45, 7) is 0.146. The Morgan fingerprint density at radius 2 is 1.85 bits per heavy atom. The Labute approximate surface area is 203 Å². The third-order valence-electron chi connectivity index (χ3n) is 6.01. The Morgan fingerprint density at radius 1 is 1.09 bits per heavy atom. The van der Waals surface area contributed by atoms with Crippen molar-refractivity contribution in [3.63, 3.8) is 0 Å². The fourth-order valence-electron chi connectivity index (χ4n) is 4.22. The van der Waals surface area contributed by atoms with Crippen LogP contribution >= 0.6 is 11.8 Å². The van der Waals surface area contributed by atoms with E-state index in [0.717, 1.165) is 16.6 Å². The zero-order valence-corrected chi connectivity index (χ0v) is 20.2. The highest BCUT2D eigenvalue weighted by Crippen LogP contribution is 2.32. The SMILES string of the molecule is COc1cccc(C(=O)NCc2nnc(SCC3CCCCC3)n2-c2ccc(F)cc2)c1OC. The lowest BCUT2D eigenvalue weighted by molar-refractivity contribution is 0.0946. The average molecular weight is 485 g/mol. The number of hydrogen-bond donors (Lipinski definition) is 1. The molecular formula is C25H29FN4O3S. The Morgan fingerprint density at radius 3 is 2.56 bits per heavy atom. The number of aromatic nitrogens is 3. The smallest absolute Gasteiger partial charge is 0.255 e. The lowest BCUT2D eigenvalue weighted by atomic mass is 9.91. The maximum Gasteiger partial charge on any atom is 0.255 e. The van der Waals surface area contributed by atoms with E-state index in [9.17, 15) is 9.18 Å². The summed E-state index contributed by atoms with van der Waals surface area (Å²) in [6, 6.07) is 11.4. The summed E-state index contributed by atoms with van der Waals surface area (Å²) in [5, 5.41) is 12.4. The van der Waals surface area contributed by atoms with Crippen LogP contribution in [0.3, 0.4) is 0 Å². The van der Waals surface area contributed by atoms with Crippen molar-refractivity contribution in [2.45, 2.75) is 43.8 Å². The van der Waals surface area contributed by atoms with E-state index in [4.69, 9.17) is 9.47 Å². The second-order valence-corrected chi connectivity index (χ2v) is 9.24. The normalized spacial score (nSPS) is 14.1. The fourth-order valence-corrected chi connectivity index (χ4v) is 5.38. The van der Waals surface area contributed by atoms with Crippen LogP contribution in [-0.4, -0.2) is 40.6 Å². The molecule has 0 radical (unpaired) electrons. The van der Waals surface area contributed by atoms with Gasteiger partial charge in [-0.3, -0.25) is 9.36 Å². The fraction of sp³-hybridized carbons (Fsp3) is 0.400. The van der Waals surface area contributed by atoms with E-state index in [0.29, 0.717) is 28.8 Å². The van der Waals surface area contributed by atoms with E-state index >= 15 is 0 Å². The Kier molecular flexibility index (Phi) is 8.05. The standard InChI is InChI=1S/C25H29FN4O3S/c1-32-21-10-6-9-20(23(21)33-2)24(31)27-15-22-28-29-25(34-16-17-7-4-3-5-8-17)30(22)19-13-11-18(26)12-14-19/h6,9-14,17H,3-5,7-8,15-16H2,1-2H3,(H,27,31). The first-order valence-corrected chi connectivity index (χ1v) is 12.4. The number of ether oxygens (including phenoxy) is 2. The number of benzene rings is 2. The quantitative estimate of drug-likeness (QED) is 0.430. The van der Waals surface area contributed by atoms with Crippen LogP contribution in [0.1, 0.15) is 48.3 Å². The first-order chi connectivity index (χ1) is 16.6. The zero-order chi connectivity index (χ0) is 23.9. The molecule has 0 spiro atoms. The van der Waals surface area contributed by atoms with Crippen molar-refractivity contribution in [3.8, 4) is 17.2 Å². The summed E-state index contributed by atoms with van der Waals surface area (Å²) in [4.78, 5) is 12.9. The molecule has 3 aromatic rings. The van der Waals surface area contributed by atoms with Gasteiger partial charge in [-0.05, 0) is 55.2 Å². The van der Waals surface area contributed by atoms with Crippen molar-refractivity contribution in [2.24, 2.45) is 5.92 Å². The van der Waals surface area contributed by atoms with Crippen molar-refractivity contribution < 1.29 is 18.7 Å². The largest absolute Gasteiger partial charge is 0.493 e. The molecule has 1 aliphatic carbocycles. The summed E-state index contributed by atoms with van der Waals surface area (Å²) in [5.41, 5.74) is 1.11. The van der Waals surface area contributed by atoms with Gasteiger partial charge in [0.2, 0.25) is 0 Å². The molecular weight excluding hydrogens is 455 g/mol. The molecule has 1 saturated carbocycles. The summed E-state index contributed by atoms with van der Waals surface area (Å²) in [7, 11) is 3.02. The molecule has 1 aromatic heterocycles. The Hall–Kier alpha value is -3.07. The molecule has 34 heavy (non-hydrogen) atoms. The van der Waals surface area contributed by atoms with Crippen LogP contribution in [0.5, 0.6) is 11.5 Å². The van der Waals surface area contributed by atoms with Crippen LogP contribution in [0.4, 0.5) is 4.39 Å². The van der Waals surface area contributed by atoms with Crippen molar-refractivity contribution in [1.29, 1.82) is 0 Å². The number of para-hydroxylation sites is 1. The molecule has 0 saturated heterocycles. The van der Waals surface area contributed by atoms with Gasteiger partial charge < -0.3 is 14.8 Å². The van der Waals surface area contributed by atoms with Gasteiger partial charge in [0.15, 0.2) is 22.5 Å². The maximum absolute atomic E-state index is 13.6. The molecule has 2 aromatic carbocycles. The van der Waals surface area contributed by atoms with Gasteiger partial charge in [0.1, 0.15) is 5.82 Å². The molecule has 9 heteroatoms. The number of rotatable bonds is 9. The number of hydrogen-bond acceptors (Lipinski definition) is 6. The highest BCUT2D eigenvalue weighted by molar-refractivity contribution is 7.99. The molecule has 0 bridgehead atoms. The molecule has 0 atom stereocenters. The minimum absolute atomic E-state index is 0.146. The third-order valence-corrected chi connectivity index (χ3v) is 7.17. The Balaban J connectivity index is 1.54. The van der Waals surface area contributed by atoms with Crippen molar-refractivity contribution in [3.05, 3.63) is 59.7 Å². The average Bonchev–Trinajstić information content (AvgIpc) is 3.29. The summed E-state index contributed by atoms with van der Waals surface area (Å²) in [6.07, 6.45) is 6.35. The second-order valence-electron chi connectivity index (χ2n) is 8.25. The van der Waals surface area contributed by atoms with Crippen LogP contribution in [-0.2, 0) is 6.54 Å². The summed E-state index contributed by atoms with van der Waals surface area (Å²) in [5.74, 6) is 2.41. The van der Waals surface area contributed by atoms with Crippen LogP contribution < -0.4 is 14.8 Å². The molecule has 0 aliphatic heterocycles. The zero-order valence-electron chi connectivity index (χ0n) is 19.4. The van der Waals surface area contributed by atoms with E-state index in [1.54, 1.807) is 42.1 Å². The van der Waals surface area contributed by atoms with Crippen LogP contribution in [0, 0.1) is 11.7 Å². The number of amides is 1. The van der Waals surface area contributed by atoms with Gasteiger partial charge in [0, 0.05) is 11.4 Å². The first kappa shape index (κ1) is 24.1. The number of carbonyl (C=O) groups is 1. The van der Waals surface area contributed by atoms with Crippen molar-refractivity contribution >= 4 is 17.7 Å². The summed E-state index contributed by atoms with van der Waals surface area (Å²) < 4.78 is 26.1. The number of thioether (sulfide) groups is 1. The number of methoxy groups -OCH3 is 2. The molecule has 1 amide bonds. The minimum Gasteiger partial charge on any atom is -0.493 e. The minimum atomic E-state index is -0.319. The summed E-state index contributed by atoms with van der Waals surface area (Å²) >= 11 is 1.66. The molecule has 1 fully saturated rings. The number of nitrogens with one attached hydrogen (secondary N) is 1. The van der Waals surface area contributed by atoms with E-state index in [1.165, 1.54) is 58.5 Å². The molecule has 1 N–H and O–H groups in total. The highest BCUT2D eigenvalue weighted by atomic mass is 32.2. The predicted octanol–water partition coefficient (Wildman–Crippen LogP) is 5.03. The molecule has 0 unspecified atom stereocenters. The highest BCUT2D eigenvalue weighted by Gasteiger charge is 2.21. The van der Waals surface area contributed by atoms with Crippen LogP contribution in [0.25, 0.3) is 5.69 Å². The lowest BCUT2D eigenvalue weighted by Gasteiger charge is -2.20. The van der Waals surface area contributed by atoms with Gasteiger partial charge in [-0.25, -0.2) is 4.39 Å². The molecule has 1 heterocycles. The Bertz CT molecular complexity index is 1110. The van der Waals surface area contributed by atoms with Gasteiger partial charge in [0.25, 0.3) is 5.91 Å². The van der Waals surface area contributed by atoms with Gasteiger partial charge in [-0.15, -0.1) is 10.2 Å². The number of carbonyl (C=O) groups excluding carboxylic acids is 1.